The van der Waals surface area contributed by atoms with Gasteiger partial charge in [-0.3, -0.25) is 0 Å². The number of hydrogen-bond donors (Lipinski definition) is 2. The maximum Gasteiger partial charge on any atom is 0.335 e. The van der Waals surface area contributed by atoms with Crippen molar-refractivity contribution in [1.29, 1.82) is 5.26 Å². The van der Waals surface area contributed by atoms with Gasteiger partial charge in [0.25, 0.3) is 0 Å². The van der Waals surface area contributed by atoms with E-state index >= 15 is 0 Å². The molecule has 1 aromatic heterocycles. The standard InChI is InChI=1S/C24H20ClN3O4/c1-15-11-16(2)21(25)19(12-15)22-28-20(13-26)23(32-22)27-9-3-4-10-31-14-17-5-7-18(8-6-17)24(29)30/h5-8,11-12,27H,9-10,14H2,1-2H3,(H,29,30). The number of benzene rings is 2. The number of hydrogen-bond acceptors (Lipinski definition) is 6. The van der Waals surface area contributed by atoms with Crippen LogP contribution in [0.3, 0.4) is 0 Å². The summed E-state index contributed by atoms with van der Waals surface area (Å²) in [6.07, 6.45) is 0. The van der Waals surface area contributed by atoms with Crippen molar-refractivity contribution in [2.45, 2.75) is 20.5 Å². The minimum atomic E-state index is -0.966. The summed E-state index contributed by atoms with van der Waals surface area (Å²) in [5.41, 5.74) is 3.75. The van der Waals surface area contributed by atoms with E-state index in [1.165, 1.54) is 12.1 Å². The molecule has 0 aliphatic carbocycles. The number of carboxylic acids is 1. The number of nitrogens with one attached hydrogen (secondary N) is 1. The number of oxazole rings is 1. The Hall–Kier alpha value is -3.78. The molecule has 3 aromatic rings. The van der Waals surface area contributed by atoms with Gasteiger partial charge in [-0.1, -0.05) is 41.6 Å². The molecule has 0 saturated heterocycles. The molecule has 0 amide bonds. The van der Waals surface area contributed by atoms with Crippen molar-refractivity contribution >= 4 is 23.5 Å². The van der Waals surface area contributed by atoms with Gasteiger partial charge < -0.3 is 19.6 Å². The maximum absolute atomic E-state index is 10.8. The summed E-state index contributed by atoms with van der Waals surface area (Å²) < 4.78 is 11.2. The van der Waals surface area contributed by atoms with Gasteiger partial charge in [-0.25, -0.2) is 4.79 Å². The van der Waals surface area contributed by atoms with E-state index in [0.29, 0.717) is 17.2 Å². The first-order valence-electron chi connectivity index (χ1n) is 9.66. The van der Waals surface area contributed by atoms with Crippen LogP contribution in [0.25, 0.3) is 11.5 Å². The number of rotatable bonds is 7. The number of halogens is 1. The normalized spacial score (nSPS) is 10.2. The van der Waals surface area contributed by atoms with Crippen LogP contribution in [-0.4, -0.2) is 29.2 Å². The minimum absolute atomic E-state index is 0.123. The summed E-state index contributed by atoms with van der Waals surface area (Å²) in [6.45, 7) is 4.61. The first kappa shape index (κ1) is 22.9. The third-order valence-corrected chi connectivity index (χ3v) is 4.97. The summed E-state index contributed by atoms with van der Waals surface area (Å²) in [6, 6.07) is 12.3. The third-order valence-electron chi connectivity index (χ3n) is 4.47. The van der Waals surface area contributed by atoms with Crippen LogP contribution in [0.4, 0.5) is 5.88 Å². The van der Waals surface area contributed by atoms with Gasteiger partial charge in [-0.2, -0.15) is 10.2 Å². The van der Waals surface area contributed by atoms with Crippen molar-refractivity contribution in [2.24, 2.45) is 0 Å². The van der Waals surface area contributed by atoms with Gasteiger partial charge in [-0.15, -0.1) is 0 Å². The van der Waals surface area contributed by atoms with Gasteiger partial charge in [-0.05, 0) is 48.7 Å². The van der Waals surface area contributed by atoms with Gasteiger partial charge >= 0.3 is 5.97 Å². The molecule has 7 nitrogen and oxygen atoms in total. The van der Waals surface area contributed by atoms with E-state index in [0.717, 1.165) is 16.7 Å². The molecule has 0 unspecified atom stereocenters. The van der Waals surface area contributed by atoms with Crippen molar-refractivity contribution < 1.29 is 19.1 Å². The second-order valence-corrected chi connectivity index (χ2v) is 7.33. The average Bonchev–Trinajstić information content (AvgIpc) is 3.18. The van der Waals surface area contributed by atoms with Crippen LogP contribution in [0.15, 0.2) is 40.8 Å². The van der Waals surface area contributed by atoms with Crippen molar-refractivity contribution in [3.05, 3.63) is 69.4 Å². The fourth-order valence-corrected chi connectivity index (χ4v) is 3.13. The molecule has 0 bridgehead atoms. The zero-order valence-electron chi connectivity index (χ0n) is 17.5. The van der Waals surface area contributed by atoms with Crippen LogP contribution in [0.1, 0.15) is 32.7 Å². The fourth-order valence-electron chi connectivity index (χ4n) is 2.94. The summed E-state index contributed by atoms with van der Waals surface area (Å²) in [5, 5.41) is 21.7. The van der Waals surface area contributed by atoms with Crippen LogP contribution in [0.5, 0.6) is 0 Å². The molecule has 0 saturated carbocycles. The van der Waals surface area contributed by atoms with E-state index in [2.05, 4.69) is 22.1 Å². The van der Waals surface area contributed by atoms with E-state index in [1.807, 2.05) is 32.0 Å². The fraction of sp³-hybridized carbons (Fsp3) is 0.208. The zero-order chi connectivity index (χ0) is 23.1. The Labute approximate surface area is 190 Å². The summed E-state index contributed by atoms with van der Waals surface area (Å²) >= 11 is 6.38. The molecule has 8 heteroatoms. The van der Waals surface area contributed by atoms with Crippen LogP contribution in [0, 0.1) is 37.0 Å². The van der Waals surface area contributed by atoms with Crippen molar-refractivity contribution in [3.8, 4) is 29.4 Å². The Morgan fingerprint density at radius 3 is 2.69 bits per heavy atom. The van der Waals surface area contributed by atoms with Crippen molar-refractivity contribution in [1.82, 2.24) is 4.98 Å². The Balaban J connectivity index is 1.54. The summed E-state index contributed by atoms with van der Waals surface area (Å²) in [4.78, 5) is 15.1. The quantitative estimate of drug-likeness (QED) is 0.393. The predicted octanol–water partition coefficient (Wildman–Crippen LogP) is 4.81. The topological polar surface area (TPSA) is 108 Å². The monoisotopic (exact) mass is 449 g/mol. The van der Waals surface area contributed by atoms with E-state index < -0.39 is 5.97 Å². The van der Waals surface area contributed by atoms with Crippen LogP contribution in [-0.2, 0) is 11.3 Å². The highest BCUT2D eigenvalue weighted by Crippen LogP contribution is 2.33. The molecule has 0 spiro atoms. The van der Waals surface area contributed by atoms with Crippen molar-refractivity contribution in [3.63, 3.8) is 0 Å². The molecule has 162 valence electrons. The van der Waals surface area contributed by atoms with Gasteiger partial charge in [0.2, 0.25) is 17.5 Å². The minimum Gasteiger partial charge on any atom is -0.478 e. The number of aromatic nitrogens is 1. The molecule has 3 rings (SSSR count). The molecule has 2 aromatic carbocycles. The number of nitriles is 1. The number of aromatic carboxylic acids is 1. The number of carboxylic acid groups (broad SMARTS) is 1. The summed E-state index contributed by atoms with van der Waals surface area (Å²) in [7, 11) is 0. The van der Waals surface area contributed by atoms with Gasteiger partial charge in [0.1, 0.15) is 12.7 Å². The summed E-state index contributed by atoms with van der Waals surface area (Å²) in [5.74, 6) is 5.28. The van der Waals surface area contributed by atoms with Gasteiger partial charge in [0.05, 0.1) is 29.3 Å². The number of aryl methyl sites for hydroxylation is 2. The largest absolute Gasteiger partial charge is 0.478 e. The lowest BCUT2D eigenvalue weighted by molar-refractivity contribution is 0.0696. The molecule has 1 heterocycles. The Bertz CT molecular complexity index is 1230. The SMILES string of the molecule is Cc1cc(C)c(Cl)c(-c2nc(C#N)c(NCC#CCOCc3ccc(C(=O)O)cc3)o2)c1. The van der Waals surface area contributed by atoms with Gasteiger partial charge in [0, 0.05) is 0 Å². The number of ether oxygens (including phenoxy) is 1. The highest BCUT2D eigenvalue weighted by Gasteiger charge is 2.17. The zero-order valence-corrected chi connectivity index (χ0v) is 18.3. The molecule has 2 N–H and O–H groups in total. The molecule has 0 aliphatic rings. The molecule has 0 radical (unpaired) electrons. The molecular formula is C24H20ClN3O4. The second kappa shape index (κ2) is 10.5. The lowest BCUT2D eigenvalue weighted by Gasteiger charge is -2.05. The van der Waals surface area contributed by atoms with Gasteiger partial charge in [0.15, 0.2) is 0 Å². The molecule has 0 aliphatic heterocycles. The third kappa shape index (κ3) is 5.67. The molecule has 0 atom stereocenters. The van der Waals surface area contributed by atoms with E-state index in [4.69, 9.17) is 25.9 Å². The lowest BCUT2D eigenvalue weighted by atomic mass is 10.1. The Morgan fingerprint density at radius 2 is 2.00 bits per heavy atom. The highest BCUT2D eigenvalue weighted by molar-refractivity contribution is 6.34. The Morgan fingerprint density at radius 1 is 1.25 bits per heavy atom. The van der Waals surface area contributed by atoms with Crippen LogP contribution >= 0.6 is 11.6 Å². The number of anilines is 1. The smallest absolute Gasteiger partial charge is 0.335 e. The number of carbonyl (C=O) groups is 1. The van der Waals surface area contributed by atoms with E-state index in [1.54, 1.807) is 12.1 Å². The van der Waals surface area contributed by atoms with Crippen molar-refractivity contribution in [2.75, 3.05) is 18.5 Å². The van der Waals surface area contributed by atoms with E-state index in [9.17, 15) is 10.1 Å². The average molecular weight is 450 g/mol. The van der Waals surface area contributed by atoms with Crippen LogP contribution in [0.2, 0.25) is 5.02 Å². The first-order valence-corrected chi connectivity index (χ1v) is 10.0. The lowest BCUT2D eigenvalue weighted by Crippen LogP contribution is -2.00. The molecule has 32 heavy (non-hydrogen) atoms. The van der Waals surface area contributed by atoms with E-state index in [-0.39, 0.29) is 36.2 Å². The predicted molar refractivity (Wildman–Crippen MR) is 120 cm³/mol. The second-order valence-electron chi connectivity index (χ2n) is 6.95. The molecular weight excluding hydrogens is 430 g/mol. The maximum atomic E-state index is 10.8. The number of nitrogens with zero attached hydrogens (tertiary/aromatic N) is 2. The highest BCUT2D eigenvalue weighted by atomic mass is 35.5. The first-order chi connectivity index (χ1) is 15.4. The Kier molecular flexibility index (Phi) is 7.51. The van der Waals surface area contributed by atoms with Crippen LogP contribution < -0.4 is 5.32 Å². The molecule has 0 fully saturated rings.